The van der Waals surface area contributed by atoms with Crippen LogP contribution in [0, 0.1) is 0 Å². The molecule has 1 aliphatic heterocycles. The Bertz CT molecular complexity index is 676. The minimum Gasteiger partial charge on any atom is -0.497 e. The summed E-state index contributed by atoms with van der Waals surface area (Å²) in [6.07, 6.45) is 3.02. The average molecular weight is 314 g/mol. The molecule has 0 fully saturated rings. The molecular formula is C16H22N6O. The van der Waals surface area contributed by atoms with E-state index in [4.69, 9.17) is 10.5 Å². The second-order valence-electron chi connectivity index (χ2n) is 5.51. The second kappa shape index (κ2) is 7.13. The van der Waals surface area contributed by atoms with E-state index < -0.39 is 0 Å². The molecule has 0 aliphatic carbocycles. The molecule has 3 rings (SSSR count). The molecule has 7 nitrogen and oxygen atoms in total. The van der Waals surface area contributed by atoms with Crippen molar-refractivity contribution < 1.29 is 4.74 Å². The second-order valence-corrected chi connectivity index (χ2v) is 5.51. The van der Waals surface area contributed by atoms with Gasteiger partial charge in [-0.1, -0.05) is 12.1 Å². The van der Waals surface area contributed by atoms with E-state index in [9.17, 15) is 0 Å². The van der Waals surface area contributed by atoms with Crippen molar-refractivity contribution >= 4 is 5.96 Å². The van der Waals surface area contributed by atoms with Crippen molar-refractivity contribution in [3.05, 3.63) is 41.5 Å². The number of nitrogens with two attached hydrogens (primary N) is 1. The number of hydrogen-bond acceptors (Lipinski definition) is 4. The van der Waals surface area contributed by atoms with Crippen LogP contribution in [0.2, 0.25) is 0 Å². The van der Waals surface area contributed by atoms with Gasteiger partial charge in [0, 0.05) is 19.5 Å². The number of guanidine groups is 1. The summed E-state index contributed by atoms with van der Waals surface area (Å²) in [5.41, 5.74) is 7.13. The summed E-state index contributed by atoms with van der Waals surface area (Å²) >= 11 is 0. The highest BCUT2D eigenvalue weighted by molar-refractivity contribution is 5.77. The van der Waals surface area contributed by atoms with Gasteiger partial charge in [-0.25, -0.2) is 4.99 Å². The lowest BCUT2D eigenvalue weighted by molar-refractivity contribution is 0.414. The van der Waals surface area contributed by atoms with Crippen LogP contribution in [0.15, 0.2) is 29.3 Å². The van der Waals surface area contributed by atoms with E-state index in [0.29, 0.717) is 12.5 Å². The Balaban J connectivity index is 1.45. The molecule has 23 heavy (non-hydrogen) atoms. The first kappa shape index (κ1) is 15.3. The summed E-state index contributed by atoms with van der Waals surface area (Å²) in [4.78, 5) is 4.34. The van der Waals surface area contributed by atoms with Crippen LogP contribution in [-0.2, 0) is 25.9 Å². The van der Waals surface area contributed by atoms with E-state index in [2.05, 4.69) is 25.1 Å². The Kier molecular flexibility index (Phi) is 4.75. The van der Waals surface area contributed by atoms with Crippen LogP contribution in [0.3, 0.4) is 0 Å². The zero-order valence-corrected chi connectivity index (χ0v) is 13.3. The van der Waals surface area contributed by atoms with Gasteiger partial charge in [-0.05, 0) is 30.5 Å². The van der Waals surface area contributed by atoms with Crippen molar-refractivity contribution in [2.75, 3.05) is 13.7 Å². The Morgan fingerprint density at radius 1 is 1.35 bits per heavy atom. The number of ether oxygens (including phenoxy) is 1. The number of nitrogens with one attached hydrogen (secondary N) is 1. The zero-order chi connectivity index (χ0) is 16.1. The van der Waals surface area contributed by atoms with Gasteiger partial charge in [-0.15, -0.1) is 10.2 Å². The van der Waals surface area contributed by atoms with Gasteiger partial charge in [0.15, 0.2) is 11.8 Å². The zero-order valence-electron chi connectivity index (χ0n) is 13.3. The summed E-state index contributed by atoms with van der Waals surface area (Å²) in [5.74, 6) is 3.25. The third-order valence-electron chi connectivity index (χ3n) is 3.96. The third kappa shape index (κ3) is 3.80. The van der Waals surface area contributed by atoms with Crippen LogP contribution in [0.1, 0.15) is 23.6 Å². The summed E-state index contributed by atoms with van der Waals surface area (Å²) in [6, 6.07) is 8.01. The molecule has 7 heteroatoms. The number of methoxy groups -OCH3 is 1. The fraction of sp³-hybridized carbons (Fsp3) is 0.438. The van der Waals surface area contributed by atoms with Gasteiger partial charge in [0.1, 0.15) is 18.1 Å². The first-order chi connectivity index (χ1) is 11.3. The lowest BCUT2D eigenvalue weighted by Crippen LogP contribution is -2.33. The molecule has 2 heterocycles. The highest BCUT2D eigenvalue weighted by Gasteiger charge is 2.16. The number of rotatable bonds is 6. The molecule has 3 N–H and O–H groups in total. The van der Waals surface area contributed by atoms with Gasteiger partial charge in [0.2, 0.25) is 0 Å². The Morgan fingerprint density at radius 3 is 2.96 bits per heavy atom. The van der Waals surface area contributed by atoms with Gasteiger partial charge in [0.25, 0.3) is 0 Å². The maximum absolute atomic E-state index is 5.91. The van der Waals surface area contributed by atoms with Gasteiger partial charge in [-0.2, -0.15) is 0 Å². The van der Waals surface area contributed by atoms with Crippen molar-refractivity contribution in [2.24, 2.45) is 10.7 Å². The molecule has 0 atom stereocenters. The minimum atomic E-state index is 0.439. The van der Waals surface area contributed by atoms with Crippen molar-refractivity contribution in [3.63, 3.8) is 0 Å². The maximum Gasteiger partial charge on any atom is 0.189 e. The molecule has 0 bridgehead atoms. The highest BCUT2D eigenvalue weighted by Crippen LogP contribution is 2.14. The van der Waals surface area contributed by atoms with E-state index >= 15 is 0 Å². The summed E-state index contributed by atoms with van der Waals surface area (Å²) in [5, 5.41) is 11.5. The smallest absolute Gasteiger partial charge is 0.189 e. The SMILES string of the molecule is COc1ccc(CCNC(N)=NCc2nnc3n2CCC3)cc1. The van der Waals surface area contributed by atoms with Gasteiger partial charge in [-0.3, -0.25) is 0 Å². The van der Waals surface area contributed by atoms with Crippen LogP contribution >= 0.6 is 0 Å². The molecule has 1 aromatic carbocycles. The number of hydrogen-bond donors (Lipinski definition) is 2. The Labute approximate surface area is 135 Å². The third-order valence-corrected chi connectivity index (χ3v) is 3.96. The summed E-state index contributed by atoms with van der Waals surface area (Å²) in [7, 11) is 1.67. The molecule has 0 unspecified atom stereocenters. The molecule has 1 aromatic heterocycles. The molecule has 0 spiro atoms. The van der Waals surface area contributed by atoms with E-state index in [1.807, 2.05) is 24.3 Å². The van der Waals surface area contributed by atoms with Crippen LogP contribution in [0.5, 0.6) is 5.75 Å². The molecule has 2 aromatic rings. The van der Waals surface area contributed by atoms with Gasteiger partial charge in [0.05, 0.1) is 7.11 Å². The van der Waals surface area contributed by atoms with Crippen LogP contribution in [0.4, 0.5) is 0 Å². The van der Waals surface area contributed by atoms with E-state index in [-0.39, 0.29) is 0 Å². The van der Waals surface area contributed by atoms with Crippen LogP contribution in [0.25, 0.3) is 0 Å². The van der Waals surface area contributed by atoms with Crippen molar-refractivity contribution in [1.29, 1.82) is 0 Å². The quantitative estimate of drug-likeness (QED) is 0.610. The first-order valence-corrected chi connectivity index (χ1v) is 7.84. The van der Waals surface area contributed by atoms with Crippen LogP contribution in [-0.4, -0.2) is 34.4 Å². The van der Waals surface area contributed by atoms with Crippen molar-refractivity contribution in [2.45, 2.75) is 32.4 Å². The van der Waals surface area contributed by atoms with E-state index in [0.717, 1.165) is 49.8 Å². The number of fused-ring (bicyclic) bond motifs is 1. The summed E-state index contributed by atoms with van der Waals surface area (Å²) < 4.78 is 7.28. The molecule has 1 aliphatic rings. The molecule has 0 saturated carbocycles. The Hall–Kier alpha value is -2.57. The number of benzene rings is 1. The first-order valence-electron chi connectivity index (χ1n) is 7.84. The molecule has 122 valence electrons. The topological polar surface area (TPSA) is 90.3 Å². The predicted molar refractivity (Wildman–Crippen MR) is 88.4 cm³/mol. The van der Waals surface area contributed by atoms with Crippen LogP contribution < -0.4 is 15.8 Å². The number of aromatic nitrogens is 3. The predicted octanol–water partition coefficient (Wildman–Crippen LogP) is 0.880. The van der Waals surface area contributed by atoms with Gasteiger partial charge < -0.3 is 20.4 Å². The molecule has 0 amide bonds. The molecular weight excluding hydrogens is 292 g/mol. The number of aryl methyl sites for hydroxylation is 1. The lowest BCUT2D eigenvalue weighted by Gasteiger charge is -2.07. The van der Waals surface area contributed by atoms with Gasteiger partial charge >= 0.3 is 0 Å². The number of aliphatic imine (C=N–C) groups is 1. The minimum absolute atomic E-state index is 0.439. The van der Waals surface area contributed by atoms with E-state index in [1.165, 1.54) is 5.56 Å². The average Bonchev–Trinajstić information content (AvgIpc) is 3.17. The lowest BCUT2D eigenvalue weighted by atomic mass is 10.1. The maximum atomic E-state index is 5.91. The van der Waals surface area contributed by atoms with E-state index in [1.54, 1.807) is 7.11 Å². The van der Waals surface area contributed by atoms with Crippen molar-refractivity contribution in [3.8, 4) is 5.75 Å². The monoisotopic (exact) mass is 314 g/mol. The fourth-order valence-corrected chi connectivity index (χ4v) is 2.67. The largest absolute Gasteiger partial charge is 0.497 e. The normalized spacial score (nSPS) is 13.9. The number of nitrogens with zero attached hydrogens (tertiary/aromatic N) is 4. The molecule has 0 radical (unpaired) electrons. The highest BCUT2D eigenvalue weighted by atomic mass is 16.5. The van der Waals surface area contributed by atoms with Crippen molar-refractivity contribution in [1.82, 2.24) is 20.1 Å². The molecule has 0 saturated heterocycles. The fourth-order valence-electron chi connectivity index (χ4n) is 2.67. The Morgan fingerprint density at radius 2 is 2.17 bits per heavy atom. The standard InChI is InChI=1S/C16H22N6O/c1-23-13-6-4-12(5-7-13)8-9-18-16(17)19-11-15-21-20-14-3-2-10-22(14)15/h4-7H,2-3,8-11H2,1H3,(H3,17,18,19). The summed E-state index contributed by atoms with van der Waals surface area (Å²) in [6.45, 7) is 2.19.